The number of nitrogens with zero attached hydrogens (tertiary/aromatic N) is 3. The Morgan fingerprint density at radius 3 is 1.54 bits per heavy atom. The molecular formula is C70H53F2N5O6S2. The van der Waals surface area contributed by atoms with Crippen LogP contribution in [0.1, 0.15) is 56.3 Å². The smallest absolute Gasteiger partial charge is 0.356 e. The molecule has 12 rings (SSSR count). The first-order valence-corrected chi connectivity index (χ1v) is 29.3. The number of halogens is 2. The summed E-state index contributed by atoms with van der Waals surface area (Å²) in [6.07, 6.45) is -0.889. The molecule has 0 saturated carbocycles. The van der Waals surface area contributed by atoms with Crippen molar-refractivity contribution in [2.45, 2.75) is 28.7 Å². The van der Waals surface area contributed by atoms with E-state index in [9.17, 15) is 18.4 Å². The van der Waals surface area contributed by atoms with Gasteiger partial charge in [0.25, 0.3) is 11.8 Å². The van der Waals surface area contributed by atoms with Crippen LogP contribution in [0.15, 0.2) is 283 Å². The summed E-state index contributed by atoms with van der Waals surface area (Å²) >= 11 is 2.55. The minimum Gasteiger partial charge on any atom is -0.489 e. The molecule has 2 amide bonds. The summed E-state index contributed by atoms with van der Waals surface area (Å²) in [6, 6.07) is 79.3. The summed E-state index contributed by atoms with van der Waals surface area (Å²) in [6.45, 7) is -0.280. The zero-order valence-corrected chi connectivity index (χ0v) is 47.0. The van der Waals surface area contributed by atoms with E-state index in [1.165, 1.54) is 34.1 Å². The maximum absolute atomic E-state index is 15.6. The average Bonchev–Trinajstić information content (AvgIpc) is 1.97. The summed E-state index contributed by atoms with van der Waals surface area (Å²) in [5.41, 5.74) is 4.07. The Morgan fingerprint density at radius 1 is 0.612 bits per heavy atom. The lowest BCUT2D eigenvalue weighted by atomic mass is 9.77. The fourth-order valence-corrected chi connectivity index (χ4v) is 12.9. The molecule has 1 unspecified atom stereocenters. The lowest BCUT2D eigenvalue weighted by molar-refractivity contribution is -0.154. The van der Waals surface area contributed by atoms with Crippen LogP contribution in [-0.4, -0.2) is 57.2 Å². The molecule has 0 bridgehead atoms. The third kappa shape index (κ3) is 11.2. The molecule has 2 aliphatic rings. The summed E-state index contributed by atoms with van der Waals surface area (Å²) < 4.78 is 40.8. The summed E-state index contributed by atoms with van der Waals surface area (Å²) in [7, 11) is 0. The summed E-state index contributed by atoms with van der Waals surface area (Å²) in [5.74, 6) is -4.27. The van der Waals surface area contributed by atoms with E-state index in [1.807, 2.05) is 206 Å². The van der Waals surface area contributed by atoms with Crippen molar-refractivity contribution in [1.82, 2.24) is 15.2 Å². The number of thioether (sulfide) groups is 1. The van der Waals surface area contributed by atoms with Gasteiger partial charge >= 0.3 is 5.97 Å². The number of hydrogen-bond donors (Lipinski definition) is 2. The number of thiazole rings is 1. The number of fused-ring (bicyclic) bond motifs is 1. The van der Waals surface area contributed by atoms with E-state index in [0.29, 0.717) is 21.8 Å². The van der Waals surface area contributed by atoms with Crippen LogP contribution in [-0.2, 0) is 35.1 Å². The lowest BCUT2D eigenvalue weighted by Gasteiger charge is -2.49. The number of benzene rings is 9. The Bertz CT molecular complexity index is 3790. The highest BCUT2D eigenvalue weighted by Gasteiger charge is 2.55. The van der Waals surface area contributed by atoms with Crippen molar-refractivity contribution in [3.8, 4) is 5.75 Å². The van der Waals surface area contributed by atoms with Crippen molar-refractivity contribution in [2.75, 3.05) is 17.7 Å². The zero-order valence-electron chi connectivity index (χ0n) is 45.4. The highest BCUT2D eigenvalue weighted by molar-refractivity contribution is 8.00. The largest absolute Gasteiger partial charge is 0.489 e. The van der Waals surface area contributed by atoms with E-state index in [-0.39, 0.29) is 35.2 Å². The molecule has 15 heteroatoms. The van der Waals surface area contributed by atoms with Crippen molar-refractivity contribution in [3.05, 3.63) is 339 Å². The molecule has 85 heavy (non-hydrogen) atoms. The second-order valence-corrected chi connectivity index (χ2v) is 22.1. The van der Waals surface area contributed by atoms with Gasteiger partial charge in [0.05, 0.1) is 0 Å². The SMILES string of the molecule is O=C(NC1C(=O)N2C(C(=O)OC(c3ccccc3)c3ccccc3)=C(COc3ccc(F)c(F)c3)CS[C@@H]12)C(=NOC(c1ccccc1)(c1ccccc1)c1ccccc1)c1csc(NC(c2ccccc2)(c2ccccc2)c2ccccc2)n1. The van der Waals surface area contributed by atoms with Crippen molar-refractivity contribution >= 4 is 51.7 Å². The van der Waals surface area contributed by atoms with Crippen molar-refractivity contribution < 1.29 is 37.5 Å². The fourth-order valence-electron chi connectivity index (χ4n) is 10.9. The molecule has 3 heterocycles. The number of aromatic nitrogens is 1. The quantitative estimate of drug-likeness (QED) is 0.0252. The molecule has 2 aliphatic heterocycles. The molecule has 1 saturated heterocycles. The standard InChI is InChI=1S/C70H53F2N5O6S2/c71-57-42-41-56(43-58(57)72)81-44-49-45-84-66-61(65(79)77(66)62(49)67(80)82-63(47-25-9-1-10-26-47)48-27-11-2-12-28-48)74-64(78)60(76-83-70(53-35-19-6-20-36-53,54-37-21-7-22-38-54)55-39-23-8-24-40-55)59-46-85-68(73-59)75-69(50-29-13-3-14-30-50,51-31-15-4-16-32-51)52-33-17-5-18-34-52/h1-43,46,61,63,66H,44-45H2,(H,73,75)(H,74,78)/t61?,66-/m0/s1. The van der Waals surface area contributed by atoms with Gasteiger partial charge in [-0.25, -0.2) is 18.6 Å². The van der Waals surface area contributed by atoms with Gasteiger partial charge < -0.3 is 24.9 Å². The van der Waals surface area contributed by atoms with Gasteiger partial charge in [0.15, 0.2) is 28.6 Å². The van der Waals surface area contributed by atoms with Gasteiger partial charge in [-0.3, -0.25) is 14.5 Å². The Balaban J connectivity index is 0.934. The third-order valence-electron chi connectivity index (χ3n) is 15.0. The molecule has 0 radical (unpaired) electrons. The fraction of sp³-hybridized carbons (Fsp3) is 0.100. The molecule has 1 aromatic heterocycles. The number of ether oxygens (including phenoxy) is 2. The Hall–Kier alpha value is -9.96. The van der Waals surface area contributed by atoms with Crippen molar-refractivity contribution in [2.24, 2.45) is 5.16 Å². The number of β-lactam (4-membered cyclic amide) rings is 1. The average molecular weight is 1160 g/mol. The van der Waals surface area contributed by atoms with E-state index >= 15 is 4.79 Å². The van der Waals surface area contributed by atoms with E-state index < -0.39 is 58.1 Å². The highest BCUT2D eigenvalue weighted by Crippen LogP contribution is 2.45. The topological polar surface area (TPSA) is 131 Å². The molecule has 2 N–H and O–H groups in total. The van der Waals surface area contributed by atoms with E-state index in [2.05, 4.69) is 47.0 Å². The highest BCUT2D eigenvalue weighted by atomic mass is 32.2. The second-order valence-electron chi connectivity index (χ2n) is 20.1. The number of carbonyl (C=O) groups is 3. The number of carbonyl (C=O) groups excluding carboxylic acids is 3. The number of anilines is 1. The molecule has 1 fully saturated rings. The molecule has 10 aromatic rings. The Morgan fingerprint density at radius 2 is 1.07 bits per heavy atom. The van der Waals surface area contributed by atoms with E-state index in [0.717, 1.165) is 45.5 Å². The predicted octanol–water partition coefficient (Wildman–Crippen LogP) is 13.6. The minimum atomic E-state index is -1.42. The van der Waals surface area contributed by atoms with Crippen LogP contribution in [0.5, 0.6) is 5.75 Å². The van der Waals surface area contributed by atoms with Crippen LogP contribution < -0.4 is 15.4 Å². The van der Waals surface area contributed by atoms with Crippen LogP contribution in [0, 0.1) is 11.6 Å². The number of hydrogen-bond acceptors (Lipinski definition) is 11. The summed E-state index contributed by atoms with van der Waals surface area (Å²) in [4.78, 5) is 59.0. The van der Waals surface area contributed by atoms with E-state index in [1.54, 1.807) is 5.38 Å². The minimum absolute atomic E-state index is 0.00824. The molecule has 11 nitrogen and oxygen atoms in total. The normalized spacial score (nSPS) is 15.1. The van der Waals surface area contributed by atoms with E-state index in [4.69, 9.17) is 24.5 Å². The first-order valence-electron chi connectivity index (χ1n) is 27.4. The molecule has 9 aromatic carbocycles. The molecule has 0 spiro atoms. The first-order chi connectivity index (χ1) is 41.7. The number of esters is 1. The van der Waals surface area contributed by atoms with Gasteiger partial charge in [0.1, 0.15) is 40.7 Å². The van der Waals surface area contributed by atoms with Crippen LogP contribution in [0.2, 0.25) is 0 Å². The predicted molar refractivity (Wildman–Crippen MR) is 326 cm³/mol. The molecule has 2 atom stereocenters. The Labute approximate surface area is 498 Å². The number of rotatable bonds is 20. The maximum Gasteiger partial charge on any atom is 0.356 e. The molecule has 420 valence electrons. The number of nitrogens with one attached hydrogen (secondary N) is 2. The first kappa shape index (κ1) is 55.6. The van der Waals surface area contributed by atoms with Crippen LogP contribution >= 0.6 is 23.1 Å². The zero-order chi connectivity index (χ0) is 58.2. The van der Waals surface area contributed by atoms with Crippen molar-refractivity contribution in [3.63, 3.8) is 0 Å². The summed E-state index contributed by atoms with van der Waals surface area (Å²) in [5, 5.41) is 13.0. The van der Waals surface area contributed by atoms with Gasteiger partial charge in [0.2, 0.25) is 5.60 Å². The van der Waals surface area contributed by atoms with Gasteiger partial charge in [-0.1, -0.05) is 248 Å². The van der Waals surface area contributed by atoms with Crippen LogP contribution in [0.3, 0.4) is 0 Å². The second kappa shape index (κ2) is 24.9. The maximum atomic E-state index is 15.6. The van der Waals surface area contributed by atoms with Gasteiger partial charge in [-0.2, -0.15) is 0 Å². The lowest BCUT2D eigenvalue weighted by Crippen LogP contribution is -2.71. The Kier molecular flexibility index (Phi) is 16.3. The van der Waals surface area contributed by atoms with Crippen LogP contribution in [0.25, 0.3) is 0 Å². The number of amides is 2. The van der Waals surface area contributed by atoms with Gasteiger partial charge in [0, 0.05) is 39.5 Å². The monoisotopic (exact) mass is 1160 g/mol. The molecular weight excluding hydrogens is 1110 g/mol. The molecule has 0 aliphatic carbocycles. The van der Waals surface area contributed by atoms with Gasteiger partial charge in [-0.15, -0.1) is 23.1 Å². The van der Waals surface area contributed by atoms with Gasteiger partial charge in [-0.05, 0) is 39.9 Å². The third-order valence-corrected chi connectivity index (χ3v) is 17.0. The van der Waals surface area contributed by atoms with Crippen LogP contribution in [0.4, 0.5) is 13.9 Å². The number of oxime groups is 1. The van der Waals surface area contributed by atoms with Crippen molar-refractivity contribution in [1.29, 1.82) is 0 Å².